The first kappa shape index (κ1) is 9.86. The Hall–Kier alpha value is -2.33. The lowest BCUT2D eigenvalue weighted by molar-refractivity contribution is 0.0856. The Morgan fingerprint density at radius 1 is 0.941 bits per heavy atom. The minimum absolute atomic E-state index is 0.339. The Morgan fingerprint density at radius 2 is 1.59 bits per heavy atom. The van der Waals surface area contributed by atoms with Crippen LogP contribution in [0.5, 0.6) is 11.5 Å². The van der Waals surface area contributed by atoms with Gasteiger partial charge in [0.1, 0.15) is 11.4 Å². The standard InChI is InChI=1S/C13H9NO3/c15-13-9-5-1-3-7-11(9)17-12-8-4-2-6-10(12)14(13)16/h1-8,16H. The molecule has 84 valence electrons. The first-order chi connectivity index (χ1) is 8.27. The summed E-state index contributed by atoms with van der Waals surface area (Å²) in [6.07, 6.45) is 0. The van der Waals surface area contributed by atoms with Crippen molar-refractivity contribution in [2.45, 2.75) is 0 Å². The molecular formula is C13H9NO3. The van der Waals surface area contributed by atoms with Crippen LogP contribution in [0.3, 0.4) is 0 Å². The van der Waals surface area contributed by atoms with E-state index in [1.165, 1.54) is 0 Å². The fraction of sp³-hybridized carbons (Fsp3) is 0. The van der Waals surface area contributed by atoms with Crippen molar-refractivity contribution in [1.82, 2.24) is 0 Å². The summed E-state index contributed by atoms with van der Waals surface area (Å²) >= 11 is 0. The summed E-state index contributed by atoms with van der Waals surface area (Å²) in [5, 5.41) is 10.5. The van der Waals surface area contributed by atoms with Crippen molar-refractivity contribution in [3.8, 4) is 11.5 Å². The van der Waals surface area contributed by atoms with Gasteiger partial charge in [-0.2, -0.15) is 5.06 Å². The molecule has 1 aliphatic rings. The number of anilines is 1. The summed E-state index contributed by atoms with van der Waals surface area (Å²) in [6, 6.07) is 13.7. The fourth-order valence-corrected chi connectivity index (χ4v) is 1.79. The van der Waals surface area contributed by atoms with Crippen LogP contribution < -0.4 is 9.80 Å². The van der Waals surface area contributed by atoms with E-state index >= 15 is 0 Å². The van der Waals surface area contributed by atoms with Crippen LogP contribution in [0.15, 0.2) is 48.5 Å². The maximum Gasteiger partial charge on any atom is 0.285 e. The molecule has 0 aliphatic carbocycles. The SMILES string of the molecule is O=C1c2ccccc2Oc2ccccc2N1O. The second kappa shape index (κ2) is 3.61. The number of hydrogen-bond donors (Lipinski definition) is 1. The lowest BCUT2D eigenvalue weighted by Crippen LogP contribution is -2.25. The predicted octanol–water partition coefficient (Wildman–Crippen LogP) is 2.83. The number of carbonyl (C=O) groups excluding carboxylic acids is 1. The molecule has 1 aliphatic heterocycles. The van der Waals surface area contributed by atoms with Crippen LogP contribution in [0.4, 0.5) is 5.69 Å². The molecule has 2 aromatic carbocycles. The van der Waals surface area contributed by atoms with Crippen LogP contribution in [-0.4, -0.2) is 11.1 Å². The summed E-state index contributed by atoms with van der Waals surface area (Å²) < 4.78 is 5.62. The molecule has 3 rings (SSSR count). The lowest BCUT2D eigenvalue weighted by Gasteiger charge is -2.13. The zero-order valence-corrected chi connectivity index (χ0v) is 8.83. The van der Waals surface area contributed by atoms with Crippen molar-refractivity contribution in [3.05, 3.63) is 54.1 Å². The molecule has 1 N–H and O–H groups in total. The monoisotopic (exact) mass is 227 g/mol. The van der Waals surface area contributed by atoms with Gasteiger partial charge in [-0.1, -0.05) is 24.3 Å². The number of rotatable bonds is 0. The fourth-order valence-electron chi connectivity index (χ4n) is 1.79. The van der Waals surface area contributed by atoms with Gasteiger partial charge in [0, 0.05) is 0 Å². The average Bonchev–Trinajstić information content (AvgIpc) is 2.48. The van der Waals surface area contributed by atoms with Crippen LogP contribution in [0.25, 0.3) is 0 Å². The molecule has 4 nitrogen and oxygen atoms in total. The second-order valence-electron chi connectivity index (χ2n) is 3.68. The molecular weight excluding hydrogens is 218 g/mol. The molecule has 0 unspecified atom stereocenters. The predicted molar refractivity (Wildman–Crippen MR) is 61.6 cm³/mol. The summed E-state index contributed by atoms with van der Waals surface area (Å²) in [5.41, 5.74) is 0.680. The molecule has 1 amide bonds. The number of hydrogen-bond acceptors (Lipinski definition) is 3. The van der Waals surface area contributed by atoms with Gasteiger partial charge in [0.15, 0.2) is 5.75 Å². The summed E-state index contributed by atoms with van der Waals surface area (Å²) in [6.45, 7) is 0. The Bertz CT molecular complexity index is 595. The lowest BCUT2D eigenvalue weighted by atomic mass is 10.2. The van der Waals surface area contributed by atoms with Gasteiger partial charge in [-0.3, -0.25) is 10.0 Å². The quantitative estimate of drug-likeness (QED) is 0.704. The molecule has 2 aromatic rings. The van der Waals surface area contributed by atoms with Gasteiger partial charge < -0.3 is 4.74 Å². The van der Waals surface area contributed by atoms with Gasteiger partial charge in [-0.05, 0) is 24.3 Å². The minimum Gasteiger partial charge on any atom is -0.454 e. The summed E-state index contributed by atoms with van der Waals surface area (Å²) in [5.74, 6) is 0.403. The molecule has 0 aromatic heterocycles. The third-order valence-corrected chi connectivity index (χ3v) is 2.62. The van der Waals surface area contributed by atoms with Crippen LogP contribution in [0.1, 0.15) is 10.4 Å². The van der Waals surface area contributed by atoms with Crippen molar-refractivity contribution < 1.29 is 14.7 Å². The number of fused-ring (bicyclic) bond motifs is 2. The number of benzene rings is 2. The molecule has 0 spiro atoms. The first-order valence-electron chi connectivity index (χ1n) is 5.16. The topological polar surface area (TPSA) is 49.8 Å². The number of nitrogens with zero attached hydrogens (tertiary/aromatic N) is 1. The molecule has 17 heavy (non-hydrogen) atoms. The maximum absolute atomic E-state index is 12.0. The second-order valence-corrected chi connectivity index (χ2v) is 3.68. The largest absolute Gasteiger partial charge is 0.454 e. The molecule has 0 atom stereocenters. The molecule has 0 saturated carbocycles. The van der Waals surface area contributed by atoms with Crippen LogP contribution >= 0.6 is 0 Å². The van der Waals surface area contributed by atoms with Gasteiger partial charge in [-0.15, -0.1) is 0 Å². The van der Waals surface area contributed by atoms with Gasteiger partial charge in [0.25, 0.3) is 5.91 Å². The third-order valence-electron chi connectivity index (χ3n) is 2.62. The van der Waals surface area contributed by atoms with Crippen LogP contribution in [0.2, 0.25) is 0 Å². The van der Waals surface area contributed by atoms with E-state index in [9.17, 15) is 10.0 Å². The van der Waals surface area contributed by atoms with Crippen LogP contribution in [0, 0.1) is 0 Å². The van der Waals surface area contributed by atoms with Crippen molar-refractivity contribution >= 4 is 11.6 Å². The number of amides is 1. The molecule has 0 radical (unpaired) electrons. The Morgan fingerprint density at radius 3 is 2.41 bits per heavy atom. The number of hydroxylamine groups is 1. The summed E-state index contributed by atoms with van der Waals surface area (Å²) in [7, 11) is 0. The maximum atomic E-state index is 12.0. The van der Waals surface area contributed by atoms with Crippen molar-refractivity contribution in [2.24, 2.45) is 0 Å². The first-order valence-corrected chi connectivity index (χ1v) is 5.16. The van der Waals surface area contributed by atoms with Crippen molar-refractivity contribution in [3.63, 3.8) is 0 Å². The highest BCUT2D eigenvalue weighted by molar-refractivity contribution is 6.08. The Labute approximate surface area is 97.6 Å². The summed E-state index contributed by atoms with van der Waals surface area (Å²) in [4.78, 5) is 12.0. The molecule has 0 saturated heterocycles. The van der Waals surface area contributed by atoms with Gasteiger partial charge >= 0.3 is 0 Å². The van der Waals surface area contributed by atoms with E-state index in [-0.39, 0.29) is 0 Å². The Balaban J connectivity index is 2.24. The van der Waals surface area contributed by atoms with E-state index in [1.54, 1.807) is 48.5 Å². The van der Waals surface area contributed by atoms with Crippen molar-refractivity contribution in [2.75, 3.05) is 5.06 Å². The highest BCUT2D eigenvalue weighted by Gasteiger charge is 2.26. The number of ether oxygens (including phenoxy) is 1. The molecule has 4 heteroatoms. The van der Waals surface area contributed by atoms with Crippen LogP contribution in [-0.2, 0) is 0 Å². The van der Waals surface area contributed by atoms with E-state index in [1.807, 2.05) is 0 Å². The van der Waals surface area contributed by atoms with E-state index < -0.39 is 5.91 Å². The van der Waals surface area contributed by atoms with E-state index in [0.29, 0.717) is 27.8 Å². The molecule has 1 heterocycles. The number of para-hydroxylation sites is 3. The average molecular weight is 227 g/mol. The Kier molecular flexibility index (Phi) is 2.09. The highest BCUT2D eigenvalue weighted by atomic mass is 16.5. The molecule has 0 bridgehead atoms. The zero-order valence-electron chi connectivity index (χ0n) is 8.83. The van der Waals surface area contributed by atoms with E-state index in [2.05, 4.69) is 0 Å². The smallest absolute Gasteiger partial charge is 0.285 e. The zero-order chi connectivity index (χ0) is 11.8. The van der Waals surface area contributed by atoms with Crippen molar-refractivity contribution in [1.29, 1.82) is 0 Å². The third kappa shape index (κ3) is 1.46. The highest BCUT2D eigenvalue weighted by Crippen LogP contribution is 2.37. The number of carbonyl (C=O) groups is 1. The van der Waals surface area contributed by atoms with Gasteiger partial charge in [0.05, 0.1) is 5.56 Å². The molecule has 0 fully saturated rings. The minimum atomic E-state index is -0.495. The normalized spacial score (nSPS) is 13.5. The van der Waals surface area contributed by atoms with E-state index in [4.69, 9.17) is 4.74 Å². The van der Waals surface area contributed by atoms with Gasteiger partial charge in [0.2, 0.25) is 0 Å². The van der Waals surface area contributed by atoms with Gasteiger partial charge in [-0.25, -0.2) is 0 Å². The van der Waals surface area contributed by atoms with E-state index in [0.717, 1.165) is 0 Å².